The fourth-order valence-corrected chi connectivity index (χ4v) is 1.24. The summed E-state index contributed by atoms with van der Waals surface area (Å²) in [6.45, 7) is 0.712. The van der Waals surface area contributed by atoms with Gasteiger partial charge in [0.15, 0.2) is 0 Å². The van der Waals surface area contributed by atoms with Gasteiger partial charge >= 0.3 is 12.5 Å². The van der Waals surface area contributed by atoms with Gasteiger partial charge < -0.3 is 9.64 Å². The van der Waals surface area contributed by atoms with Crippen LogP contribution in [0.4, 0.5) is 18.0 Å². The van der Waals surface area contributed by atoms with Crippen molar-refractivity contribution in [1.82, 2.24) is 4.90 Å². The number of ether oxygens (including phenoxy) is 1. The molecule has 0 atom stereocenters. The van der Waals surface area contributed by atoms with E-state index in [9.17, 15) is 18.0 Å². The summed E-state index contributed by atoms with van der Waals surface area (Å²) in [5.74, 6) is 0. The van der Waals surface area contributed by atoms with Crippen LogP contribution >= 0.6 is 0 Å². The molecule has 1 saturated heterocycles. The van der Waals surface area contributed by atoms with Gasteiger partial charge in [0.1, 0.15) is 0 Å². The first-order valence-electron chi connectivity index (χ1n) is 4.04. The van der Waals surface area contributed by atoms with E-state index in [1.165, 1.54) is 0 Å². The molecule has 1 heterocycles. The molecule has 76 valence electrons. The number of carbonyl (C=O) groups is 1. The topological polar surface area (TPSA) is 29.5 Å². The molecule has 1 fully saturated rings. The van der Waals surface area contributed by atoms with Gasteiger partial charge in [-0.3, -0.25) is 0 Å². The Labute approximate surface area is 73.5 Å². The van der Waals surface area contributed by atoms with Crippen molar-refractivity contribution >= 4 is 6.09 Å². The van der Waals surface area contributed by atoms with Crippen molar-refractivity contribution < 1.29 is 22.7 Å². The van der Waals surface area contributed by atoms with Crippen molar-refractivity contribution in [2.45, 2.75) is 25.6 Å². The monoisotopic (exact) mass is 197 g/mol. The maximum absolute atomic E-state index is 11.6. The highest BCUT2D eigenvalue weighted by atomic mass is 19.4. The van der Waals surface area contributed by atoms with E-state index in [0.29, 0.717) is 13.1 Å². The quantitative estimate of drug-likeness (QED) is 0.595. The molecule has 0 aromatic carbocycles. The third-order valence-electron chi connectivity index (χ3n) is 1.82. The largest absolute Gasteiger partial charge is 0.576 e. The Morgan fingerprint density at radius 2 is 1.69 bits per heavy atom. The molecule has 0 saturated carbocycles. The number of halogens is 3. The number of hydrogen-bond donors (Lipinski definition) is 0. The highest BCUT2D eigenvalue weighted by Gasteiger charge is 2.36. The van der Waals surface area contributed by atoms with Crippen molar-refractivity contribution in [2.24, 2.45) is 0 Å². The molecule has 0 aliphatic carbocycles. The van der Waals surface area contributed by atoms with Crippen molar-refractivity contribution in [3.05, 3.63) is 0 Å². The van der Waals surface area contributed by atoms with Gasteiger partial charge in [0.2, 0.25) is 0 Å². The SMILES string of the molecule is O=C(OC(F)(F)F)N1CCCCC1. The number of likely N-dealkylation sites (tertiary alicyclic amines) is 1. The van der Waals surface area contributed by atoms with Crippen molar-refractivity contribution in [1.29, 1.82) is 0 Å². The van der Waals surface area contributed by atoms with Crippen LogP contribution in [0.1, 0.15) is 19.3 Å². The highest BCUT2D eigenvalue weighted by Crippen LogP contribution is 2.19. The van der Waals surface area contributed by atoms with Crippen LogP contribution in [0.15, 0.2) is 0 Å². The third-order valence-corrected chi connectivity index (χ3v) is 1.82. The molecule has 3 nitrogen and oxygen atoms in total. The van der Waals surface area contributed by atoms with Gasteiger partial charge in [0.25, 0.3) is 0 Å². The highest BCUT2D eigenvalue weighted by molar-refractivity contribution is 5.67. The van der Waals surface area contributed by atoms with Gasteiger partial charge in [0.05, 0.1) is 0 Å². The minimum Gasteiger partial charge on any atom is -0.356 e. The lowest BCUT2D eigenvalue weighted by Crippen LogP contribution is -2.38. The summed E-state index contributed by atoms with van der Waals surface area (Å²) in [6, 6.07) is 0. The smallest absolute Gasteiger partial charge is 0.356 e. The van der Waals surface area contributed by atoms with Crippen LogP contribution in [0.2, 0.25) is 0 Å². The van der Waals surface area contributed by atoms with E-state index in [1.54, 1.807) is 0 Å². The van der Waals surface area contributed by atoms with E-state index in [2.05, 4.69) is 4.74 Å². The van der Waals surface area contributed by atoms with Crippen LogP contribution in [0.25, 0.3) is 0 Å². The summed E-state index contributed by atoms with van der Waals surface area (Å²) in [4.78, 5) is 11.9. The van der Waals surface area contributed by atoms with Crippen LogP contribution in [-0.2, 0) is 4.74 Å². The Kier molecular flexibility index (Phi) is 3.00. The minimum absolute atomic E-state index is 0.356. The predicted molar refractivity (Wildman–Crippen MR) is 38.0 cm³/mol. The number of piperidine rings is 1. The van der Waals surface area contributed by atoms with Crippen LogP contribution in [-0.4, -0.2) is 30.4 Å². The van der Waals surface area contributed by atoms with E-state index in [-0.39, 0.29) is 0 Å². The van der Waals surface area contributed by atoms with Crippen LogP contribution in [0.5, 0.6) is 0 Å². The number of carbonyl (C=O) groups excluding carboxylic acids is 1. The molecule has 1 aliphatic heterocycles. The van der Waals surface area contributed by atoms with E-state index in [0.717, 1.165) is 24.2 Å². The second-order valence-corrected chi connectivity index (χ2v) is 2.86. The predicted octanol–water partition coefficient (Wildman–Crippen LogP) is 2.13. The maximum Gasteiger partial charge on any atom is 0.576 e. The summed E-state index contributed by atoms with van der Waals surface area (Å²) in [6.07, 6.45) is -3.71. The fraction of sp³-hybridized carbons (Fsp3) is 0.857. The van der Waals surface area contributed by atoms with Gasteiger partial charge in [0, 0.05) is 13.1 Å². The van der Waals surface area contributed by atoms with E-state index in [4.69, 9.17) is 0 Å². The van der Waals surface area contributed by atoms with Crippen LogP contribution in [0, 0.1) is 0 Å². The molecule has 1 aliphatic rings. The summed E-state index contributed by atoms with van der Waals surface area (Å²) in [5.41, 5.74) is 0. The van der Waals surface area contributed by atoms with Crippen LogP contribution in [0.3, 0.4) is 0 Å². The minimum atomic E-state index is -4.87. The van der Waals surface area contributed by atoms with Gasteiger partial charge in [-0.1, -0.05) is 0 Å². The molecule has 13 heavy (non-hydrogen) atoms. The molecular formula is C7H10F3NO2. The van der Waals surface area contributed by atoms with Gasteiger partial charge in [-0.25, -0.2) is 4.79 Å². The number of nitrogens with zero attached hydrogens (tertiary/aromatic N) is 1. The first kappa shape index (κ1) is 10.1. The Morgan fingerprint density at radius 1 is 1.15 bits per heavy atom. The normalized spacial score (nSPS) is 18.5. The Bertz CT molecular complexity index is 187. The lowest BCUT2D eigenvalue weighted by atomic mass is 10.1. The van der Waals surface area contributed by atoms with Gasteiger partial charge in [-0.05, 0) is 19.3 Å². The molecule has 6 heteroatoms. The number of alkyl halides is 3. The van der Waals surface area contributed by atoms with Gasteiger partial charge in [-0.15, -0.1) is 13.2 Å². The Balaban J connectivity index is 2.38. The molecule has 0 radical (unpaired) electrons. The van der Waals surface area contributed by atoms with E-state index >= 15 is 0 Å². The summed E-state index contributed by atoms with van der Waals surface area (Å²) in [7, 11) is 0. The molecule has 0 unspecified atom stereocenters. The van der Waals surface area contributed by atoms with Crippen molar-refractivity contribution in [3.63, 3.8) is 0 Å². The lowest BCUT2D eigenvalue weighted by Gasteiger charge is -2.25. The zero-order chi connectivity index (χ0) is 9.90. The molecular weight excluding hydrogens is 187 g/mol. The third kappa shape index (κ3) is 3.52. The van der Waals surface area contributed by atoms with E-state index in [1.807, 2.05) is 0 Å². The molecule has 0 N–H and O–H groups in total. The summed E-state index contributed by atoms with van der Waals surface area (Å²) in [5, 5.41) is 0. The zero-order valence-corrected chi connectivity index (χ0v) is 6.93. The molecule has 1 rings (SSSR count). The second-order valence-electron chi connectivity index (χ2n) is 2.86. The first-order valence-corrected chi connectivity index (χ1v) is 4.04. The summed E-state index contributed by atoms with van der Waals surface area (Å²) >= 11 is 0. The fourth-order valence-electron chi connectivity index (χ4n) is 1.24. The number of rotatable bonds is 0. The van der Waals surface area contributed by atoms with Crippen molar-refractivity contribution in [2.75, 3.05) is 13.1 Å². The summed E-state index contributed by atoms with van der Waals surface area (Å²) < 4.78 is 38.0. The first-order chi connectivity index (χ1) is 5.99. The molecule has 0 spiro atoms. The second kappa shape index (κ2) is 3.85. The number of hydrogen-bond acceptors (Lipinski definition) is 2. The molecule has 1 amide bonds. The van der Waals surface area contributed by atoms with Gasteiger partial charge in [-0.2, -0.15) is 0 Å². The zero-order valence-electron chi connectivity index (χ0n) is 6.93. The lowest BCUT2D eigenvalue weighted by molar-refractivity contribution is -0.294. The van der Waals surface area contributed by atoms with Crippen LogP contribution < -0.4 is 0 Å². The Hall–Kier alpha value is -0.940. The standard InChI is InChI=1S/C7H10F3NO2/c8-7(9,10)13-6(12)11-4-2-1-3-5-11/h1-5H2. The van der Waals surface area contributed by atoms with Crippen molar-refractivity contribution in [3.8, 4) is 0 Å². The number of amides is 1. The van der Waals surface area contributed by atoms with E-state index < -0.39 is 12.5 Å². The Morgan fingerprint density at radius 3 is 2.15 bits per heavy atom. The molecule has 0 aromatic rings. The molecule has 0 bridgehead atoms. The average Bonchev–Trinajstić information content (AvgIpc) is 2.03. The molecule has 0 aromatic heterocycles. The average molecular weight is 197 g/mol. The maximum atomic E-state index is 11.6.